The number of ether oxygens (including phenoxy) is 1. The lowest BCUT2D eigenvalue weighted by atomic mass is 10.1. The topological polar surface area (TPSA) is 47.4 Å². The molecular formula is C23H26FN3O2. The summed E-state index contributed by atoms with van der Waals surface area (Å²) in [5, 5.41) is 0.0103. The van der Waals surface area contributed by atoms with Gasteiger partial charge < -0.3 is 9.64 Å². The number of aryl methyl sites for hydroxylation is 1. The van der Waals surface area contributed by atoms with Gasteiger partial charge in [0.2, 0.25) is 0 Å². The summed E-state index contributed by atoms with van der Waals surface area (Å²) in [5.41, 5.74) is 0.615. The summed E-state index contributed by atoms with van der Waals surface area (Å²) in [7, 11) is 0. The number of rotatable bonds is 6. The lowest BCUT2D eigenvalue weighted by Crippen LogP contribution is -2.31. The predicted molar refractivity (Wildman–Crippen MR) is 112 cm³/mol. The van der Waals surface area contributed by atoms with Crippen LogP contribution >= 0.6 is 0 Å². The second-order valence-corrected chi connectivity index (χ2v) is 7.53. The van der Waals surface area contributed by atoms with Gasteiger partial charge in [0.15, 0.2) is 0 Å². The molecule has 152 valence electrons. The molecule has 0 bridgehead atoms. The Morgan fingerprint density at radius 2 is 1.83 bits per heavy atom. The van der Waals surface area contributed by atoms with Crippen molar-refractivity contribution < 1.29 is 9.13 Å². The van der Waals surface area contributed by atoms with Crippen LogP contribution in [0.3, 0.4) is 0 Å². The molecule has 1 fully saturated rings. The van der Waals surface area contributed by atoms with Crippen LogP contribution in [0.4, 0.5) is 4.39 Å². The van der Waals surface area contributed by atoms with Gasteiger partial charge in [-0.2, -0.15) is 0 Å². The molecule has 29 heavy (non-hydrogen) atoms. The Balaban J connectivity index is 1.45. The largest absolute Gasteiger partial charge is 0.494 e. The standard InChI is InChI=1S/C23H26FN3O2/c1-17-25-21-8-5-7-20(24)22(21)23(28)27(17)18-9-11-19(12-10-18)29-16-6-15-26-13-3-2-4-14-26/h5,7-12H,2-4,6,13-16H2,1H3. The maximum Gasteiger partial charge on any atom is 0.268 e. The summed E-state index contributed by atoms with van der Waals surface area (Å²) in [6, 6.07) is 11.8. The number of likely N-dealkylation sites (tertiary alicyclic amines) is 1. The number of nitrogens with zero attached hydrogens (tertiary/aromatic N) is 3. The van der Waals surface area contributed by atoms with Crippen molar-refractivity contribution in [2.75, 3.05) is 26.2 Å². The van der Waals surface area contributed by atoms with E-state index in [2.05, 4.69) is 9.88 Å². The molecule has 1 aliphatic rings. The Kier molecular flexibility index (Phi) is 5.90. The van der Waals surface area contributed by atoms with E-state index in [1.807, 2.05) is 24.3 Å². The molecule has 0 saturated carbocycles. The van der Waals surface area contributed by atoms with Crippen LogP contribution in [-0.4, -0.2) is 40.7 Å². The van der Waals surface area contributed by atoms with Crippen LogP contribution in [0.25, 0.3) is 16.6 Å². The Bertz CT molecular complexity index is 1040. The summed E-state index contributed by atoms with van der Waals surface area (Å²) in [6.45, 7) is 5.88. The van der Waals surface area contributed by atoms with Crippen LogP contribution in [0, 0.1) is 12.7 Å². The highest BCUT2D eigenvalue weighted by Gasteiger charge is 2.13. The Morgan fingerprint density at radius 1 is 1.07 bits per heavy atom. The summed E-state index contributed by atoms with van der Waals surface area (Å²) in [6.07, 6.45) is 4.94. The number of hydrogen-bond acceptors (Lipinski definition) is 4. The molecule has 1 saturated heterocycles. The number of hydrogen-bond donors (Lipinski definition) is 0. The van der Waals surface area contributed by atoms with E-state index in [9.17, 15) is 9.18 Å². The van der Waals surface area contributed by atoms with Gasteiger partial charge in [0.05, 0.1) is 17.8 Å². The average Bonchev–Trinajstić information content (AvgIpc) is 2.73. The highest BCUT2D eigenvalue weighted by Crippen LogP contribution is 2.18. The normalized spacial score (nSPS) is 15.0. The SMILES string of the molecule is Cc1nc2cccc(F)c2c(=O)n1-c1ccc(OCCCN2CCCCC2)cc1. The van der Waals surface area contributed by atoms with Crippen LogP contribution in [0.1, 0.15) is 31.5 Å². The fourth-order valence-electron chi connectivity index (χ4n) is 3.96. The van der Waals surface area contributed by atoms with Crippen LogP contribution in [0.5, 0.6) is 5.75 Å². The van der Waals surface area contributed by atoms with Gasteiger partial charge in [0.25, 0.3) is 5.56 Å². The van der Waals surface area contributed by atoms with Crippen molar-refractivity contribution in [3.8, 4) is 11.4 Å². The number of piperidine rings is 1. The molecule has 0 aliphatic carbocycles. The lowest BCUT2D eigenvalue weighted by Gasteiger charge is -2.26. The Morgan fingerprint density at radius 3 is 2.59 bits per heavy atom. The van der Waals surface area contributed by atoms with Crippen molar-refractivity contribution >= 4 is 10.9 Å². The minimum atomic E-state index is -0.553. The molecule has 1 aliphatic heterocycles. The number of fused-ring (bicyclic) bond motifs is 1. The fourth-order valence-corrected chi connectivity index (χ4v) is 3.96. The van der Waals surface area contributed by atoms with Gasteiger partial charge in [0, 0.05) is 6.54 Å². The second-order valence-electron chi connectivity index (χ2n) is 7.53. The van der Waals surface area contributed by atoms with Gasteiger partial charge in [-0.3, -0.25) is 9.36 Å². The zero-order valence-corrected chi connectivity index (χ0v) is 16.7. The number of aromatic nitrogens is 2. The van der Waals surface area contributed by atoms with E-state index in [-0.39, 0.29) is 5.39 Å². The smallest absolute Gasteiger partial charge is 0.268 e. The summed E-state index contributed by atoms with van der Waals surface area (Å²) >= 11 is 0. The van der Waals surface area contributed by atoms with Crippen LogP contribution < -0.4 is 10.3 Å². The van der Waals surface area contributed by atoms with Gasteiger partial charge in [-0.25, -0.2) is 9.37 Å². The first-order valence-electron chi connectivity index (χ1n) is 10.3. The first-order valence-corrected chi connectivity index (χ1v) is 10.3. The molecule has 0 amide bonds. The number of halogens is 1. The van der Waals surface area contributed by atoms with Crippen molar-refractivity contribution in [3.05, 3.63) is 64.5 Å². The summed E-state index contributed by atoms with van der Waals surface area (Å²) in [5.74, 6) is 0.726. The first kappa shape index (κ1) is 19.6. The number of benzene rings is 2. The van der Waals surface area contributed by atoms with E-state index in [0.717, 1.165) is 18.7 Å². The minimum absolute atomic E-state index is 0.0103. The third-order valence-corrected chi connectivity index (χ3v) is 5.45. The molecule has 1 aromatic heterocycles. The summed E-state index contributed by atoms with van der Waals surface area (Å²) < 4.78 is 21.5. The van der Waals surface area contributed by atoms with Gasteiger partial charge in [0.1, 0.15) is 22.8 Å². The van der Waals surface area contributed by atoms with Gasteiger partial charge in [-0.15, -0.1) is 0 Å². The van der Waals surface area contributed by atoms with Gasteiger partial charge in [-0.05, 0) is 75.7 Å². The molecule has 2 heterocycles. The fraction of sp³-hybridized carbons (Fsp3) is 0.391. The first-order chi connectivity index (χ1) is 14.1. The molecule has 0 atom stereocenters. The van der Waals surface area contributed by atoms with Crippen LogP contribution in [-0.2, 0) is 0 Å². The van der Waals surface area contributed by atoms with Gasteiger partial charge >= 0.3 is 0 Å². The van der Waals surface area contributed by atoms with E-state index in [0.29, 0.717) is 23.6 Å². The van der Waals surface area contributed by atoms with E-state index >= 15 is 0 Å². The third kappa shape index (κ3) is 4.32. The quantitative estimate of drug-likeness (QED) is 0.590. The van der Waals surface area contributed by atoms with Crippen molar-refractivity contribution in [1.82, 2.24) is 14.5 Å². The Labute approximate surface area is 169 Å². The molecule has 0 radical (unpaired) electrons. The van der Waals surface area contributed by atoms with E-state index in [4.69, 9.17) is 4.74 Å². The second kappa shape index (κ2) is 8.74. The molecule has 5 nitrogen and oxygen atoms in total. The molecular weight excluding hydrogens is 369 g/mol. The third-order valence-electron chi connectivity index (χ3n) is 5.45. The predicted octanol–water partition coefficient (Wildman–Crippen LogP) is 4.09. The van der Waals surface area contributed by atoms with Crippen molar-refractivity contribution in [1.29, 1.82) is 0 Å². The molecule has 0 spiro atoms. The zero-order chi connectivity index (χ0) is 20.2. The van der Waals surface area contributed by atoms with E-state index in [1.165, 1.54) is 43.0 Å². The molecule has 2 aromatic carbocycles. The molecule has 0 N–H and O–H groups in total. The highest BCUT2D eigenvalue weighted by atomic mass is 19.1. The lowest BCUT2D eigenvalue weighted by molar-refractivity contribution is 0.205. The average molecular weight is 395 g/mol. The molecule has 4 rings (SSSR count). The maximum atomic E-state index is 14.2. The van der Waals surface area contributed by atoms with Crippen molar-refractivity contribution in [3.63, 3.8) is 0 Å². The van der Waals surface area contributed by atoms with Crippen LogP contribution in [0.2, 0.25) is 0 Å². The highest BCUT2D eigenvalue weighted by molar-refractivity contribution is 5.78. The maximum absolute atomic E-state index is 14.2. The minimum Gasteiger partial charge on any atom is -0.494 e. The molecule has 0 unspecified atom stereocenters. The van der Waals surface area contributed by atoms with Crippen LogP contribution in [0.15, 0.2) is 47.3 Å². The van der Waals surface area contributed by atoms with Crippen molar-refractivity contribution in [2.24, 2.45) is 0 Å². The monoisotopic (exact) mass is 395 g/mol. The van der Waals surface area contributed by atoms with E-state index < -0.39 is 11.4 Å². The molecule has 3 aromatic rings. The van der Waals surface area contributed by atoms with E-state index in [1.54, 1.807) is 19.1 Å². The Hall–Kier alpha value is -2.73. The van der Waals surface area contributed by atoms with Crippen molar-refractivity contribution in [2.45, 2.75) is 32.6 Å². The van der Waals surface area contributed by atoms with Gasteiger partial charge in [-0.1, -0.05) is 12.5 Å². The summed E-state index contributed by atoms with van der Waals surface area (Å²) in [4.78, 5) is 19.7. The molecule has 6 heteroatoms. The zero-order valence-electron chi connectivity index (χ0n) is 16.7.